The molecule has 0 saturated carbocycles. The molecule has 2 aromatic rings. The highest BCUT2D eigenvalue weighted by Crippen LogP contribution is 2.28. The van der Waals surface area contributed by atoms with Crippen molar-refractivity contribution in [3.05, 3.63) is 36.2 Å². The molecule has 0 radical (unpaired) electrons. The Morgan fingerprint density at radius 2 is 1.82 bits per heavy atom. The summed E-state index contributed by atoms with van der Waals surface area (Å²) >= 11 is 0. The Kier molecular flexibility index (Phi) is 2.74. The van der Waals surface area contributed by atoms with Gasteiger partial charge in [0.1, 0.15) is 0 Å². The first-order chi connectivity index (χ1) is 8.02. The topological polar surface area (TPSA) is 39.9 Å². The average Bonchev–Trinajstić information content (AvgIpc) is 2.73. The number of methoxy groups -OCH3 is 1. The molecular weight excluding hydrogens is 235 g/mol. The van der Waals surface area contributed by atoms with E-state index in [2.05, 4.69) is 10.1 Å². The van der Waals surface area contributed by atoms with Crippen molar-refractivity contribution in [1.82, 2.24) is 14.8 Å². The first-order valence-electron chi connectivity index (χ1n) is 4.66. The maximum atomic E-state index is 12.4. The number of benzene rings is 1. The summed E-state index contributed by atoms with van der Waals surface area (Å²) in [5, 5.41) is 3.38. The van der Waals surface area contributed by atoms with Crippen molar-refractivity contribution in [3.8, 4) is 11.7 Å². The summed E-state index contributed by atoms with van der Waals surface area (Å²) < 4.78 is 43.1. The molecule has 90 valence electrons. The van der Waals surface area contributed by atoms with E-state index in [1.165, 1.54) is 7.11 Å². The Hall–Kier alpha value is -2.05. The largest absolute Gasteiger partial charge is 0.467 e. The zero-order valence-corrected chi connectivity index (χ0v) is 8.77. The summed E-state index contributed by atoms with van der Waals surface area (Å²) in [4.78, 5) is 3.28. The lowest BCUT2D eigenvalue weighted by molar-refractivity contribution is -0.144. The summed E-state index contributed by atoms with van der Waals surface area (Å²) in [7, 11) is 1.24. The van der Waals surface area contributed by atoms with Crippen LogP contribution in [0.1, 0.15) is 5.82 Å². The highest BCUT2D eigenvalue weighted by molar-refractivity contribution is 5.32. The minimum absolute atomic E-state index is 0.205. The van der Waals surface area contributed by atoms with Crippen LogP contribution in [-0.4, -0.2) is 21.9 Å². The van der Waals surface area contributed by atoms with E-state index in [9.17, 15) is 13.2 Å². The van der Waals surface area contributed by atoms with Gasteiger partial charge in [-0.15, -0.1) is 5.10 Å². The molecule has 1 heterocycles. The Balaban J connectivity index is 2.51. The molecular formula is C10H8F3N3O. The number of hydrogen-bond donors (Lipinski definition) is 0. The van der Waals surface area contributed by atoms with Crippen molar-refractivity contribution in [3.63, 3.8) is 0 Å². The lowest BCUT2D eigenvalue weighted by Gasteiger charge is -2.02. The molecule has 0 amide bonds. The van der Waals surface area contributed by atoms with Gasteiger partial charge in [-0.1, -0.05) is 18.2 Å². The number of halogens is 3. The molecule has 17 heavy (non-hydrogen) atoms. The van der Waals surface area contributed by atoms with Gasteiger partial charge in [-0.3, -0.25) is 0 Å². The standard InChI is InChI=1S/C10H8F3N3O/c1-17-9-14-8(10(11,12)13)15-16(9)7-5-3-2-4-6-7/h2-6H,1H3. The van der Waals surface area contributed by atoms with E-state index in [0.717, 1.165) is 4.68 Å². The van der Waals surface area contributed by atoms with Crippen LogP contribution in [0.2, 0.25) is 0 Å². The Morgan fingerprint density at radius 1 is 1.18 bits per heavy atom. The van der Waals surface area contributed by atoms with Crippen LogP contribution < -0.4 is 4.74 Å². The van der Waals surface area contributed by atoms with Crippen LogP contribution in [0.4, 0.5) is 13.2 Å². The van der Waals surface area contributed by atoms with E-state index in [-0.39, 0.29) is 6.01 Å². The van der Waals surface area contributed by atoms with Crippen molar-refractivity contribution >= 4 is 0 Å². The zero-order valence-electron chi connectivity index (χ0n) is 8.77. The minimum atomic E-state index is -4.59. The first-order valence-corrected chi connectivity index (χ1v) is 4.66. The molecule has 0 atom stereocenters. The van der Waals surface area contributed by atoms with Crippen LogP contribution in [0.15, 0.2) is 30.3 Å². The summed E-state index contributed by atoms with van der Waals surface area (Å²) in [5.41, 5.74) is 0.451. The normalized spacial score (nSPS) is 11.5. The van der Waals surface area contributed by atoms with E-state index >= 15 is 0 Å². The average molecular weight is 243 g/mol. The fourth-order valence-corrected chi connectivity index (χ4v) is 1.29. The van der Waals surface area contributed by atoms with E-state index in [4.69, 9.17) is 4.74 Å². The SMILES string of the molecule is COc1nc(C(F)(F)F)nn1-c1ccccc1. The molecule has 0 bridgehead atoms. The van der Waals surface area contributed by atoms with Gasteiger partial charge in [-0.25, -0.2) is 0 Å². The predicted octanol–water partition coefficient (Wildman–Crippen LogP) is 2.29. The molecule has 0 spiro atoms. The fourth-order valence-electron chi connectivity index (χ4n) is 1.29. The molecule has 1 aromatic heterocycles. The van der Waals surface area contributed by atoms with Gasteiger partial charge in [0.2, 0.25) is 0 Å². The quantitative estimate of drug-likeness (QED) is 0.812. The van der Waals surface area contributed by atoms with E-state index in [1.807, 2.05) is 0 Å². The van der Waals surface area contributed by atoms with Crippen molar-refractivity contribution in [2.24, 2.45) is 0 Å². The molecule has 0 N–H and O–H groups in total. The highest BCUT2D eigenvalue weighted by atomic mass is 19.4. The fraction of sp³-hybridized carbons (Fsp3) is 0.200. The van der Waals surface area contributed by atoms with Crippen LogP contribution in [0, 0.1) is 0 Å². The summed E-state index contributed by atoms with van der Waals surface area (Å²) in [5.74, 6) is -1.22. The summed E-state index contributed by atoms with van der Waals surface area (Å²) in [6, 6.07) is 8.13. The smallest absolute Gasteiger partial charge is 0.453 e. The van der Waals surface area contributed by atoms with Crippen LogP contribution in [-0.2, 0) is 6.18 Å². The summed E-state index contributed by atoms with van der Waals surface area (Å²) in [6.07, 6.45) is -4.59. The second-order valence-electron chi connectivity index (χ2n) is 3.17. The highest BCUT2D eigenvalue weighted by Gasteiger charge is 2.37. The van der Waals surface area contributed by atoms with E-state index in [0.29, 0.717) is 5.69 Å². The van der Waals surface area contributed by atoms with Gasteiger partial charge in [0.15, 0.2) is 0 Å². The number of ether oxygens (including phenoxy) is 1. The predicted molar refractivity (Wildman–Crippen MR) is 52.9 cm³/mol. The van der Waals surface area contributed by atoms with Gasteiger partial charge in [-0.2, -0.15) is 22.8 Å². The minimum Gasteiger partial charge on any atom is -0.467 e. The number of nitrogens with zero attached hydrogens (tertiary/aromatic N) is 3. The summed E-state index contributed by atoms with van der Waals surface area (Å²) in [6.45, 7) is 0. The molecule has 0 saturated heterocycles. The molecule has 0 fully saturated rings. The van der Waals surface area contributed by atoms with E-state index in [1.54, 1.807) is 30.3 Å². The number of alkyl halides is 3. The van der Waals surface area contributed by atoms with Crippen LogP contribution >= 0.6 is 0 Å². The molecule has 0 aliphatic rings. The molecule has 0 aliphatic heterocycles. The molecule has 0 aliphatic carbocycles. The maximum absolute atomic E-state index is 12.4. The van der Waals surface area contributed by atoms with Crippen molar-refractivity contribution in [2.75, 3.05) is 7.11 Å². The third-order valence-corrected chi connectivity index (χ3v) is 2.01. The molecule has 0 unspecified atom stereocenters. The Morgan fingerprint density at radius 3 is 2.35 bits per heavy atom. The third kappa shape index (κ3) is 2.22. The second kappa shape index (κ2) is 4.08. The lowest BCUT2D eigenvalue weighted by atomic mass is 10.3. The van der Waals surface area contributed by atoms with Gasteiger partial charge in [0.05, 0.1) is 12.8 Å². The van der Waals surface area contributed by atoms with Gasteiger partial charge in [0, 0.05) is 0 Å². The van der Waals surface area contributed by atoms with Crippen LogP contribution in [0.25, 0.3) is 5.69 Å². The first kappa shape index (κ1) is 11.4. The third-order valence-electron chi connectivity index (χ3n) is 2.01. The molecule has 1 aromatic carbocycles. The van der Waals surface area contributed by atoms with Crippen LogP contribution in [0.5, 0.6) is 6.01 Å². The van der Waals surface area contributed by atoms with E-state index < -0.39 is 12.0 Å². The number of aromatic nitrogens is 3. The molecule has 2 rings (SSSR count). The van der Waals surface area contributed by atoms with Gasteiger partial charge >= 0.3 is 12.2 Å². The number of para-hydroxylation sites is 1. The van der Waals surface area contributed by atoms with Crippen LogP contribution in [0.3, 0.4) is 0 Å². The van der Waals surface area contributed by atoms with Gasteiger partial charge in [-0.05, 0) is 12.1 Å². The lowest BCUT2D eigenvalue weighted by Crippen LogP contribution is -2.08. The van der Waals surface area contributed by atoms with Crippen molar-refractivity contribution in [1.29, 1.82) is 0 Å². The van der Waals surface area contributed by atoms with Crippen molar-refractivity contribution < 1.29 is 17.9 Å². The molecule has 4 nitrogen and oxygen atoms in total. The number of hydrogen-bond acceptors (Lipinski definition) is 3. The number of rotatable bonds is 2. The van der Waals surface area contributed by atoms with Crippen molar-refractivity contribution in [2.45, 2.75) is 6.18 Å². The second-order valence-corrected chi connectivity index (χ2v) is 3.17. The maximum Gasteiger partial charge on any atom is 0.453 e. The monoisotopic (exact) mass is 243 g/mol. The van der Waals surface area contributed by atoms with Gasteiger partial charge in [0.25, 0.3) is 5.82 Å². The Bertz CT molecular complexity index is 507. The van der Waals surface area contributed by atoms with Gasteiger partial charge < -0.3 is 4.74 Å². The zero-order chi connectivity index (χ0) is 12.5. The molecule has 7 heteroatoms. The Labute approximate surface area is 94.7 Å².